The molecule has 0 aromatic heterocycles. The number of anilines is 1. The Morgan fingerprint density at radius 2 is 1.56 bits per heavy atom. The molecule has 0 spiro atoms. The second-order valence-corrected chi connectivity index (χ2v) is 9.13. The largest absolute Gasteiger partial charge is 0.496 e. The van der Waals surface area contributed by atoms with Gasteiger partial charge in [-0.05, 0) is 37.2 Å². The SMILES string of the molecule is COc1ccccc1CN1CC(=O)N(CCCN2CCN(c3cccc(C(F)(F)F)c3)CC2)C(=O)C1. The molecule has 7 nitrogen and oxygen atoms in total. The Kier molecular flexibility index (Phi) is 8.15. The van der Waals surface area contributed by atoms with Crippen LogP contribution >= 0.6 is 0 Å². The number of para-hydroxylation sites is 1. The van der Waals surface area contributed by atoms with Crippen molar-refractivity contribution in [1.82, 2.24) is 14.7 Å². The van der Waals surface area contributed by atoms with Gasteiger partial charge >= 0.3 is 6.18 Å². The van der Waals surface area contributed by atoms with Crippen LogP contribution in [0.2, 0.25) is 0 Å². The third kappa shape index (κ3) is 6.36. The number of amides is 2. The molecule has 0 atom stereocenters. The molecule has 0 unspecified atom stereocenters. The lowest BCUT2D eigenvalue weighted by molar-refractivity contribution is -0.151. The van der Waals surface area contributed by atoms with E-state index in [1.165, 1.54) is 17.0 Å². The minimum absolute atomic E-state index is 0.180. The Labute approximate surface area is 209 Å². The van der Waals surface area contributed by atoms with Crippen molar-refractivity contribution < 1.29 is 27.5 Å². The maximum Gasteiger partial charge on any atom is 0.416 e. The van der Waals surface area contributed by atoms with Gasteiger partial charge in [0, 0.05) is 50.5 Å². The monoisotopic (exact) mass is 504 g/mol. The standard InChI is InChI=1S/C26H31F3N4O3/c1-36-23-9-3-2-6-20(23)17-31-18-24(34)33(25(35)19-31)11-5-10-30-12-14-32(15-13-30)22-8-4-7-21(16-22)26(27,28)29/h2-4,6-9,16H,5,10-15,17-19H2,1H3. The molecule has 2 aromatic rings. The van der Waals surface area contributed by atoms with Crippen LogP contribution in [0.25, 0.3) is 0 Å². The first-order chi connectivity index (χ1) is 17.2. The van der Waals surface area contributed by atoms with Gasteiger partial charge in [0.25, 0.3) is 0 Å². The summed E-state index contributed by atoms with van der Waals surface area (Å²) in [7, 11) is 1.60. The molecule has 0 radical (unpaired) electrons. The van der Waals surface area contributed by atoms with Crippen molar-refractivity contribution >= 4 is 17.5 Å². The van der Waals surface area contributed by atoms with Crippen LogP contribution in [-0.2, 0) is 22.3 Å². The molecule has 4 rings (SSSR count). The molecule has 2 fully saturated rings. The molecule has 194 valence electrons. The third-order valence-corrected chi connectivity index (χ3v) is 6.67. The second kappa shape index (κ2) is 11.3. The molecular weight excluding hydrogens is 473 g/mol. The molecule has 2 heterocycles. The van der Waals surface area contributed by atoms with Crippen LogP contribution in [0.5, 0.6) is 5.75 Å². The van der Waals surface area contributed by atoms with E-state index in [2.05, 4.69) is 4.90 Å². The van der Waals surface area contributed by atoms with Crippen molar-refractivity contribution in [1.29, 1.82) is 0 Å². The summed E-state index contributed by atoms with van der Waals surface area (Å²) in [5.74, 6) is 0.332. The maximum atomic E-state index is 13.0. The van der Waals surface area contributed by atoms with E-state index in [0.29, 0.717) is 51.4 Å². The van der Waals surface area contributed by atoms with Crippen LogP contribution in [0.15, 0.2) is 48.5 Å². The molecule has 2 aliphatic heterocycles. The summed E-state index contributed by atoms with van der Waals surface area (Å²) in [6, 6.07) is 13.0. The van der Waals surface area contributed by atoms with E-state index in [0.717, 1.165) is 23.9 Å². The average Bonchev–Trinajstić information content (AvgIpc) is 2.86. The van der Waals surface area contributed by atoms with Crippen LogP contribution < -0.4 is 9.64 Å². The van der Waals surface area contributed by atoms with Gasteiger partial charge < -0.3 is 9.64 Å². The minimum Gasteiger partial charge on any atom is -0.496 e. The van der Waals surface area contributed by atoms with Crippen molar-refractivity contribution in [2.45, 2.75) is 19.1 Å². The summed E-state index contributed by atoms with van der Waals surface area (Å²) >= 11 is 0. The number of imide groups is 1. The normalized spacial score (nSPS) is 18.1. The molecule has 10 heteroatoms. The molecule has 0 saturated carbocycles. The topological polar surface area (TPSA) is 56.3 Å². The predicted molar refractivity (Wildman–Crippen MR) is 130 cm³/mol. The number of alkyl halides is 3. The summed E-state index contributed by atoms with van der Waals surface area (Å²) < 4.78 is 44.4. The fraction of sp³-hybridized carbons (Fsp3) is 0.462. The quantitative estimate of drug-likeness (QED) is 0.515. The van der Waals surface area contributed by atoms with Gasteiger partial charge in [0.15, 0.2) is 0 Å². The van der Waals surface area contributed by atoms with Gasteiger partial charge in [-0.25, -0.2) is 0 Å². The number of piperazine rings is 2. The van der Waals surface area contributed by atoms with Crippen molar-refractivity contribution in [2.75, 3.05) is 64.4 Å². The lowest BCUT2D eigenvalue weighted by Gasteiger charge is -2.37. The summed E-state index contributed by atoms with van der Waals surface area (Å²) in [5.41, 5.74) is 0.866. The number of rotatable bonds is 8. The minimum atomic E-state index is -4.35. The third-order valence-electron chi connectivity index (χ3n) is 6.67. The van der Waals surface area contributed by atoms with Gasteiger partial charge in [-0.2, -0.15) is 13.2 Å². The van der Waals surface area contributed by atoms with Crippen LogP contribution in [0.4, 0.5) is 18.9 Å². The van der Waals surface area contributed by atoms with Crippen LogP contribution in [0.3, 0.4) is 0 Å². The zero-order valence-corrected chi connectivity index (χ0v) is 20.3. The number of methoxy groups -OCH3 is 1. The Morgan fingerprint density at radius 3 is 2.22 bits per heavy atom. The summed E-state index contributed by atoms with van der Waals surface area (Å²) in [4.78, 5) is 32.7. The van der Waals surface area contributed by atoms with Crippen molar-refractivity contribution in [3.05, 3.63) is 59.7 Å². The number of benzene rings is 2. The highest BCUT2D eigenvalue weighted by Gasteiger charge is 2.32. The van der Waals surface area contributed by atoms with Crippen LogP contribution in [0, 0.1) is 0 Å². The first-order valence-electron chi connectivity index (χ1n) is 12.1. The number of ether oxygens (including phenoxy) is 1. The summed E-state index contributed by atoms with van der Waals surface area (Å²) in [6.45, 7) is 4.59. The molecule has 2 amide bonds. The first kappa shape index (κ1) is 26.0. The molecule has 2 saturated heterocycles. The summed E-state index contributed by atoms with van der Waals surface area (Å²) in [5, 5.41) is 0. The molecular formula is C26H31F3N4O3. The lowest BCUT2D eigenvalue weighted by Crippen LogP contribution is -2.54. The number of halogens is 3. The van der Waals surface area contributed by atoms with Gasteiger partial charge in [-0.1, -0.05) is 24.3 Å². The smallest absolute Gasteiger partial charge is 0.416 e. The summed E-state index contributed by atoms with van der Waals surface area (Å²) in [6.07, 6.45) is -3.69. The molecule has 2 aromatic carbocycles. The van der Waals surface area contributed by atoms with Crippen molar-refractivity contribution in [3.63, 3.8) is 0 Å². The van der Waals surface area contributed by atoms with Gasteiger partial charge in [0.2, 0.25) is 11.8 Å². The lowest BCUT2D eigenvalue weighted by atomic mass is 10.1. The van der Waals surface area contributed by atoms with E-state index in [4.69, 9.17) is 4.74 Å². The number of hydrogen-bond donors (Lipinski definition) is 0. The maximum absolute atomic E-state index is 13.0. The zero-order chi connectivity index (χ0) is 25.7. The van der Waals surface area contributed by atoms with Crippen molar-refractivity contribution in [2.24, 2.45) is 0 Å². The van der Waals surface area contributed by atoms with Gasteiger partial charge in [0.1, 0.15) is 5.75 Å². The van der Waals surface area contributed by atoms with E-state index in [-0.39, 0.29) is 24.9 Å². The predicted octanol–water partition coefficient (Wildman–Crippen LogP) is 3.10. The van der Waals surface area contributed by atoms with Crippen LogP contribution in [-0.4, -0.2) is 86.0 Å². The highest BCUT2D eigenvalue weighted by atomic mass is 19.4. The number of nitrogens with zero attached hydrogens (tertiary/aromatic N) is 4. The van der Waals surface area contributed by atoms with Crippen molar-refractivity contribution in [3.8, 4) is 5.75 Å². The fourth-order valence-electron chi connectivity index (χ4n) is 4.75. The number of hydrogen-bond acceptors (Lipinski definition) is 6. The molecule has 0 bridgehead atoms. The number of carbonyl (C=O) groups is 2. The van der Waals surface area contributed by atoms with Gasteiger partial charge in [-0.15, -0.1) is 0 Å². The Bertz CT molecular complexity index is 1050. The van der Waals surface area contributed by atoms with E-state index < -0.39 is 11.7 Å². The highest BCUT2D eigenvalue weighted by molar-refractivity contribution is 5.99. The average molecular weight is 505 g/mol. The zero-order valence-electron chi connectivity index (χ0n) is 20.3. The fourth-order valence-corrected chi connectivity index (χ4v) is 4.75. The second-order valence-electron chi connectivity index (χ2n) is 9.13. The first-order valence-corrected chi connectivity index (χ1v) is 12.1. The highest BCUT2D eigenvalue weighted by Crippen LogP contribution is 2.32. The van der Waals surface area contributed by atoms with E-state index in [9.17, 15) is 22.8 Å². The van der Waals surface area contributed by atoms with E-state index in [1.54, 1.807) is 13.2 Å². The molecule has 0 N–H and O–H groups in total. The Hall–Kier alpha value is -3.11. The van der Waals surface area contributed by atoms with E-state index in [1.807, 2.05) is 34.1 Å². The molecule has 36 heavy (non-hydrogen) atoms. The van der Waals surface area contributed by atoms with Gasteiger partial charge in [0.05, 0.1) is 25.8 Å². The molecule has 0 aliphatic carbocycles. The number of carbonyl (C=O) groups excluding carboxylic acids is 2. The van der Waals surface area contributed by atoms with Gasteiger partial charge in [-0.3, -0.25) is 24.3 Å². The Balaban J connectivity index is 1.21. The molecule has 2 aliphatic rings. The Morgan fingerprint density at radius 1 is 0.861 bits per heavy atom. The van der Waals surface area contributed by atoms with Crippen LogP contribution in [0.1, 0.15) is 17.5 Å². The van der Waals surface area contributed by atoms with E-state index >= 15 is 0 Å².